The summed E-state index contributed by atoms with van der Waals surface area (Å²) in [6.07, 6.45) is 2.62. The number of hydrogen-bond donors (Lipinski definition) is 2. The summed E-state index contributed by atoms with van der Waals surface area (Å²) in [5.41, 5.74) is 0. The topological polar surface area (TPSA) is 77.8 Å². The highest BCUT2D eigenvalue weighted by Gasteiger charge is 2.57. The molecule has 0 aromatic rings. The van der Waals surface area contributed by atoms with Gasteiger partial charge in [-0.3, -0.25) is 14.5 Å². The number of nitrogens with zero attached hydrogens (tertiary/aromatic N) is 1. The van der Waals surface area contributed by atoms with Gasteiger partial charge in [-0.25, -0.2) is 0 Å². The van der Waals surface area contributed by atoms with Crippen LogP contribution < -0.4 is 0 Å². The second-order valence-electron chi connectivity index (χ2n) is 5.24. The first-order valence-electron chi connectivity index (χ1n) is 6.06. The zero-order chi connectivity index (χ0) is 12.7. The average molecular weight is 241 g/mol. The molecule has 5 heteroatoms. The molecule has 0 radical (unpaired) electrons. The highest BCUT2D eigenvalue weighted by molar-refractivity contribution is 5.87. The third kappa shape index (κ3) is 1.98. The summed E-state index contributed by atoms with van der Waals surface area (Å²) in [5.74, 6) is -0.114. The molecule has 2 saturated carbocycles. The Hall–Kier alpha value is -0.940. The lowest BCUT2D eigenvalue weighted by atomic mass is 9.60. The number of aliphatic carboxylic acids is 1. The number of aliphatic hydroxyl groups is 1. The average Bonchev–Trinajstić information content (AvgIpc) is 2.19. The molecule has 5 nitrogen and oxygen atoms in total. The van der Waals surface area contributed by atoms with Gasteiger partial charge in [-0.1, -0.05) is 0 Å². The minimum absolute atomic E-state index is 0.135. The Morgan fingerprint density at radius 2 is 1.94 bits per heavy atom. The van der Waals surface area contributed by atoms with Crippen LogP contribution in [-0.4, -0.2) is 52.1 Å². The van der Waals surface area contributed by atoms with Gasteiger partial charge in [-0.05, 0) is 26.3 Å². The predicted octanol–water partition coefficient (Wildman–Crippen LogP) is 0.120. The fraction of sp³-hybridized carbons (Fsp3) is 0.833. The summed E-state index contributed by atoms with van der Waals surface area (Å²) < 4.78 is 0. The van der Waals surface area contributed by atoms with Crippen molar-refractivity contribution in [2.75, 3.05) is 7.05 Å². The zero-order valence-electron chi connectivity index (χ0n) is 10.2. The van der Waals surface area contributed by atoms with Crippen molar-refractivity contribution in [2.45, 2.75) is 44.4 Å². The molecular formula is C12H19NO4. The number of Topliss-reactive ketones (excluding diaryl/α,β-unsaturated/α-hetero) is 1. The normalized spacial score (nSPS) is 43.2. The van der Waals surface area contributed by atoms with E-state index in [1.165, 1.54) is 0 Å². The molecule has 2 aliphatic carbocycles. The van der Waals surface area contributed by atoms with Gasteiger partial charge in [-0.2, -0.15) is 0 Å². The van der Waals surface area contributed by atoms with Crippen molar-refractivity contribution in [3.05, 3.63) is 0 Å². The van der Waals surface area contributed by atoms with Gasteiger partial charge in [0.2, 0.25) is 0 Å². The molecule has 0 aromatic carbocycles. The third-order valence-corrected chi connectivity index (χ3v) is 4.26. The number of rotatable bonds is 0. The summed E-state index contributed by atoms with van der Waals surface area (Å²) in [7, 11) is 2.06. The molecule has 3 saturated heterocycles. The van der Waals surface area contributed by atoms with Crippen LogP contribution >= 0.6 is 0 Å². The molecule has 3 heterocycles. The monoisotopic (exact) mass is 241 g/mol. The van der Waals surface area contributed by atoms with Crippen LogP contribution in [0, 0.1) is 11.8 Å². The molecule has 5 fully saturated rings. The minimum atomic E-state index is -0.833. The van der Waals surface area contributed by atoms with E-state index in [0.29, 0.717) is 11.8 Å². The maximum Gasteiger partial charge on any atom is 0.300 e. The van der Waals surface area contributed by atoms with Gasteiger partial charge in [0.1, 0.15) is 5.78 Å². The van der Waals surface area contributed by atoms with Gasteiger partial charge in [-0.15, -0.1) is 0 Å². The molecule has 5 aliphatic rings. The Kier molecular flexibility index (Phi) is 3.23. The minimum Gasteiger partial charge on any atom is -0.481 e. The van der Waals surface area contributed by atoms with E-state index < -0.39 is 5.97 Å². The molecule has 0 amide bonds. The summed E-state index contributed by atoms with van der Waals surface area (Å²) in [6, 6.07) is 0.571. The maximum absolute atomic E-state index is 11.8. The van der Waals surface area contributed by atoms with Gasteiger partial charge in [0, 0.05) is 30.8 Å². The standard InChI is InChI=1S/C10H15NO2.C2H4O2/c1-11-7-3-2-5-9(11)8(12)4-6(7)10(5)13;1-2(3)4/h5-9,12H,2-4H2,1H3;1H3,(H,3,4). The molecule has 17 heavy (non-hydrogen) atoms. The molecule has 96 valence electrons. The van der Waals surface area contributed by atoms with E-state index in [2.05, 4.69) is 11.9 Å². The van der Waals surface area contributed by atoms with Crippen molar-refractivity contribution in [1.82, 2.24) is 4.90 Å². The number of carbonyl (C=O) groups excluding carboxylic acids is 1. The summed E-state index contributed by atoms with van der Waals surface area (Å²) >= 11 is 0. The number of aliphatic hydroxyl groups excluding tert-OH is 1. The van der Waals surface area contributed by atoms with Gasteiger partial charge >= 0.3 is 0 Å². The second kappa shape index (κ2) is 4.38. The summed E-state index contributed by atoms with van der Waals surface area (Å²) in [4.78, 5) is 23.0. The molecule has 0 spiro atoms. The van der Waals surface area contributed by atoms with Crippen LogP contribution in [0.25, 0.3) is 0 Å². The Balaban J connectivity index is 0.000000239. The van der Waals surface area contributed by atoms with E-state index >= 15 is 0 Å². The lowest BCUT2D eigenvalue weighted by molar-refractivity contribution is -0.170. The van der Waals surface area contributed by atoms with E-state index in [1.807, 2.05) is 0 Å². The molecule has 4 bridgehead atoms. The van der Waals surface area contributed by atoms with Crippen LogP contribution in [0.5, 0.6) is 0 Å². The fourth-order valence-corrected chi connectivity index (χ4v) is 3.70. The molecule has 3 aliphatic heterocycles. The Morgan fingerprint density at radius 3 is 2.41 bits per heavy atom. The first-order valence-corrected chi connectivity index (χ1v) is 6.06. The van der Waals surface area contributed by atoms with Crippen molar-refractivity contribution in [3.8, 4) is 0 Å². The van der Waals surface area contributed by atoms with Crippen LogP contribution in [0.3, 0.4) is 0 Å². The van der Waals surface area contributed by atoms with Gasteiger partial charge < -0.3 is 10.2 Å². The van der Waals surface area contributed by atoms with Crippen LogP contribution in [0.1, 0.15) is 26.2 Å². The van der Waals surface area contributed by atoms with Crippen LogP contribution in [0.2, 0.25) is 0 Å². The number of ketones is 1. The molecular weight excluding hydrogens is 222 g/mol. The van der Waals surface area contributed by atoms with Crippen molar-refractivity contribution in [1.29, 1.82) is 0 Å². The number of fused-ring (bicyclic) bond motifs is 2. The number of carbonyl (C=O) groups is 2. The first kappa shape index (κ1) is 12.5. The van der Waals surface area contributed by atoms with Gasteiger partial charge in [0.15, 0.2) is 0 Å². The summed E-state index contributed by atoms with van der Waals surface area (Å²) in [6.45, 7) is 1.08. The highest BCUT2D eigenvalue weighted by atomic mass is 16.4. The molecule has 5 unspecified atom stereocenters. The fourth-order valence-electron chi connectivity index (χ4n) is 3.70. The van der Waals surface area contributed by atoms with E-state index in [-0.39, 0.29) is 24.0 Å². The Morgan fingerprint density at radius 1 is 1.35 bits per heavy atom. The van der Waals surface area contributed by atoms with E-state index in [4.69, 9.17) is 9.90 Å². The van der Waals surface area contributed by atoms with E-state index in [1.54, 1.807) is 0 Å². The molecule has 5 atom stereocenters. The lowest BCUT2D eigenvalue weighted by Crippen LogP contribution is -2.70. The van der Waals surface area contributed by atoms with Gasteiger partial charge in [0.05, 0.1) is 6.10 Å². The second-order valence-corrected chi connectivity index (χ2v) is 5.24. The van der Waals surface area contributed by atoms with Crippen molar-refractivity contribution >= 4 is 11.8 Å². The number of piperidine rings is 3. The zero-order valence-corrected chi connectivity index (χ0v) is 10.2. The quantitative estimate of drug-likeness (QED) is 0.630. The first-order chi connectivity index (χ1) is 7.93. The maximum atomic E-state index is 11.8. The largest absolute Gasteiger partial charge is 0.481 e. The predicted molar refractivity (Wildman–Crippen MR) is 60.5 cm³/mol. The van der Waals surface area contributed by atoms with Crippen molar-refractivity contribution in [3.63, 3.8) is 0 Å². The summed E-state index contributed by atoms with van der Waals surface area (Å²) in [5, 5.41) is 17.2. The Labute approximate surface area is 100 Å². The van der Waals surface area contributed by atoms with E-state index in [0.717, 1.165) is 26.2 Å². The molecule has 5 rings (SSSR count). The number of carboxylic acid groups (broad SMARTS) is 1. The number of hydrogen-bond acceptors (Lipinski definition) is 4. The highest BCUT2D eigenvalue weighted by Crippen LogP contribution is 2.47. The number of likely N-dealkylation sites (N-methyl/N-ethyl adjacent to an activating group) is 1. The van der Waals surface area contributed by atoms with Crippen molar-refractivity contribution < 1.29 is 19.8 Å². The van der Waals surface area contributed by atoms with Crippen LogP contribution in [-0.2, 0) is 9.59 Å². The lowest BCUT2D eigenvalue weighted by Gasteiger charge is -2.58. The van der Waals surface area contributed by atoms with Gasteiger partial charge in [0.25, 0.3) is 5.97 Å². The third-order valence-electron chi connectivity index (χ3n) is 4.26. The van der Waals surface area contributed by atoms with Crippen LogP contribution in [0.4, 0.5) is 0 Å². The smallest absolute Gasteiger partial charge is 0.300 e. The SMILES string of the molecule is CC(=O)O.CN1C2CCC3C(=O)C2CC(O)C31. The van der Waals surface area contributed by atoms with E-state index in [9.17, 15) is 9.90 Å². The van der Waals surface area contributed by atoms with Crippen LogP contribution in [0.15, 0.2) is 0 Å². The Bertz CT molecular complexity index is 335. The number of carboxylic acids is 1. The van der Waals surface area contributed by atoms with Crippen molar-refractivity contribution in [2.24, 2.45) is 11.8 Å². The molecule has 0 aromatic heterocycles. The molecule has 2 N–H and O–H groups in total.